The molecular formula is C15H19N3O2. The molecule has 0 aliphatic carbocycles. The predicted octanol–water partition coefficient (Wildman–Crippen LogP) is 2.52. The Labute approximate surface area is 118 Å². The van der Waals surface area contributed by atoms with Crippen molar-refractivity contribution in [3.05, 3.63) is 47.8 Å². The Morgan fingerprint density at radius 3 is 2.75 bits per heavy atom. The van der Waals surface area contributed by atoms with Crippen LogP contribution in [0, 0.1) is 0 Å². The largest absolute Gasteiger partial charge is 0.487 e. The van der Waals surface area contributed by atoms with Gasteiger partial charge in [0.25, 0.3) is 5.91 Å². The van der Waals surface area contributed by atoms with Crippen molar-refractivity contribution in [2.75, 3.05) is 0 Å². The quantitative estimate of drug-likeness (QED) is 0.899. The first kappa shape index (κ1) is 14.1. The predicted molar refractivity (Wildman–Crippen MR) is 76.6 cm³/mol. The van der Waals surface area contributed by atoms with Crippen molar-refractivity contribution in [2.45, 2.75) is 32.9 Å². The first-order chi connectivity index (χ1) is 9.46. The second kappa shape index (κ2) is 5.77. The number of benzene rings is 1. The Morgan fingerprint density at radius 1 is 1.35 bits per heavy atom. The third-order valence-electron chi connectivity index (χ3n) is 2.56. The van der Waals surface area contributed by atoms with Crippen molar-refractivity contribution in [3.63, 3.8) is 0 Å². The smallest absolute Gasteiger partial charge is 0.255 e. The maximum absolute atomic E-state index is 12.2. The van der Waals surface area contributed by atoms with Crippen LogP contribution in [-0.4, -0.2) is 21.7 Å². The van der Waals surface area contributed by atoms with Crippen molar-refractivity contribution >= 4 is 5.91 Å². The van der Waals surface area contributed by atoms with Crippen LogP contribution >= 0.6 is 0 Å². The molecule has 1 aromatic carbocycles. The van der Waals surface area contributed by atoms with E-state index in [1.54, 1.807) is 24.5 Å². The number of amides is 1. The summed E-state index contributed by atoms with van der Waals surface area (Å²) >= 11 is 0. The zero-order valence-corrected chi connectivity index (χ0v) is 11.9. The van der Waals surface area contributed by atoms with Crippen LogP contribution in [0.5, 0.6) is 5.75 Å². The Morgan fingerprint density at radius 2 is 2.10 bits per heavy atom. The third kappa shape index (κ3) is 3.85. The van der Waals surface area contributed by atoms with E-state index >= 15 is 0 Å². The Hall–Kier alpha value is -2.30. The van der Waals surface area contributed by atoms with Gasteiger partial charge in [0.15, 0.2) is 0 Å². The fourth-order valence-electron chi connectivity index (χ4n) is 1.72. The number of aromatic amines is 1. The van der Waals surface area contributed by atoms with Crippen molar-refractivity contribution in [1.29, 1.82) is 0 Å². The van der Waals surface area contributed by atoms with Gasteiger partial charge in [-0.25, -0.2) is 0 Å². The Kier molecular flexibility index (Phi) is 4.08. The van der Waals surface area contributed by atoms with Crippen LogP contribution in [0.15, 0.2) is 36.7 Å². The number of ether oxygens (including phenoxy) is 1. The molecule has 0 saturated heterocycles. The van der Waals surface area contributed by atoms with Crippen molar-refractivity contribution in [2.24, 2.45) is 0 Å². The molecule has 0 saturated carbocycles. The van der Waals surface area contributed by atoms with Crippen molar-refractivity contribution in [3.8, 4) is 5.75 Å². The molecule has 5 nitrogen and oxygen atoms in total. The van der Waals surface area contributed by atoms with E-state index in [0.29, 0.717) is 17.9 Å². The van der Waals surface area contributed by atoms with E-state index in [1.807, 2.05) is 32.9 Å². The van der Waals surface area contributed by atoms with Crippen LogP contribution in [-0.2, 0) is 6.54 Å². The summed E-state index contributed by atoms with van der Waals surface area (Å²) in [6, 6.07) is 7.24. The lowest BCUT2D eigenvalue weighted by Gasteiger charge is -2.22. The van der Waals surface area contributed by atoms with Crippen molar-refractivity contribution in [1.82, 2.24) is 15.5 Å². The summed E-state index contributed by atoms with van der Waals surface area (Å²) in [7, 11) is 0. The van der Waals surface area contributed by atoms with Gasteiger partial charge in [-0.1, -0.05) is 12.1 Å². The molecule has 0 atom stereocenters. The van der Waals surface area contributed by atoms with Gasteiger partial charge in [0, 0.05) is 18.3 Å². The topological polar surface area (TPSA) is 67.0 Å². The molecule has 2 N–H and O–H groups in total. The van der Waals surface area contributed by atoms with Crippen LogP contribution in [0.1, 0.15) is 36.7 Å². The molecule has 2 aromatic rings. The minimum absolute atomic E-state index is 0.161. The summed E-state index contributed by atoms with van der Waals surface area (Å²) < 4.78 is 5.81. The maximum atomic E-state index is 12.2. The minimum atomic E-state index is -0.346. The number of rotatable bonds is 4. The standard InChI is InChI=1S/C15H19N3O2/c1-15(2,3)20-13-7-5-4-6-12(13)14(19)16-8-11-9-17-18-10-11/h4-7,9-10H,8H2,1-3H3,(H,16,19)(H,17,18). The van der Waals surface area contributed by atoms with E-state index in [0.717, 1.165) is 5.56 Å². The molecule has 1 amide bonds. The number of hydrogen-bond acceptors (Lipinski definition) is 3. The third-order valence-corrected chi connectivity index (χ3v) is 2.56. The van der Waals surface area contributed by atoms with Crippen LogP contribution in [0.3, 0.4) is 0 Å². The summed E-state index contributed by atoms with van der Waals surface area (Å²) in [5.41, 5.74) is 1.11. The Bertz CT molecular complexity index is 571. The normalized spacial score (nSPS) is 11.2. The molecule has 1 heterocycles. The summed E-state index contributed by atoms with van der Waals surface area (Å²) in [4.78, 5) is 12.2. The summed E-state index contributed by atoms with van der Waals surface area (Å²) in [6.45, 7) is 6.28. The molecule has 1 aromatic heterocycles. The van der Waals surface area contributed by atoms with Gasteiger partial charge in [-0.3, -0.25) is 9.89 Å². The summed E-state index contributed by atoms with van der Waals surface area (Å²) in [5.74, 6) is 0.427. The van der Waals surface area contributed by atoms with Gasteiger partial charge in [-0.15, -0.1) is 0 Å². The van der Waals surface area contributed by atoms with E-state index in [-0.39, 0.29) is 11.5 Å². The zero-order valence-electron chi connectivity index (χ0n) is 11.9. The van der Waals surface area contributed by atoms with Crippen LogP contribution in [0.4, 0.5) is 0 Å². The van der Waals surface area contributed by atoms with Gasteiger partial charge in [0.2, 0.25) is 0 Å². The maximum Gasteiger partial charge on any atom is 0.255 e. The molecule has 5 heteroatoms. The highest BCUT2D eigenvalue weighted by molar-refractivity contribution is 5.96. The van der Waals surface area contributed by atoms with E-state index in [4.69, 9.17) is 4.74 Å². The average molecular weight is 273 g/mol. The molecule has 0 radical (unpaired) electrons. The molecule has 0 bridgehead atoms. The summed E-state index contributed by atoms with van der Waals surface area (Å²) in [6.07, 6.45) is 3.43. The van der Waals surface area contributed by atoms with Gasteiger partial charge in [0.05, 0.1) is 11.8 Å². The number of H-pyrrole nitrogens is 1. The van der Waals surface area contributed by atoms with Crippen LogP contribution < -0.4 is 10.1 Å². The van der Waals surface area contributed by atoms with Crippen LogP contribution in [0.25, 0.3) is 0 Å². The van der Waals surface area contributed by atoms with Gasteiger partial charge < -0.3 is 10.1 Å². The van der Waals surface area contributed by atoms with E-state index in [9.17, 15) is 4.79 Å². The first-order valence-corrected chi connectivity index (χ1v) is 6.49. The molecule has 0 aliphatic rings. The fraction of sp³-hybridized carbons (Fsp3) is 0.333. The number of aromatic nitrogens is 2. The van der Waals surface area contributed by atoms with Gasteiger partial charge >= 0.3 is 0 Å². The molecule has 0 fully saturated rings. The highest BCUT2D eigenvalue weighted by atomic mass is 16.5. The number of hydrogen-bond donors (Lipinski definition) is 2. The molecule has 2 rings (SSSR count). The van der Waals surface area contributed by atoms with Gasteiger partial charge in [0.1, 0.15) is 11.4 Å². The summed E-state index contributed by atoms with van der Waals surface area (Å²) in [5, 5.41) is 9.40. The zero-order chi connectivity index (χ0) is 14.6. The lowest BCUT2D eigenvalue weighted by Crippen LogP contribution is -2.27. The molecular weight excluding hydrogens is 254 g/mol. The second-order valence-corrected chi connectivity index (χ2v) is 5.50. The van der Waals surface area contributed by atoms with Gasteiger partial charge in [-0.2, -0.15) is 5.10 Å². The van der Waals surface area contributed by atoms with Gasteiger partial charge in [-0.05, 0) is 32.9 Å². The minimum Gasteiger partial charge on any atom is -0.487 e. The average Bonchev–Trinajstić information content (AvgIpc) is 2.88. The number of carbonyl (C=O) groups is 1. The lowest BCUT2D eigenvalue weighted by molar-refractivity contribution is 0.0930. The first-order valence-electron chi connectivity index (χ1n) is 6.49. The second-order valence-electron chi connectivity index (χ2n) is 5.50. The molecule has 0 spiro atoms. The molecule has 20 heavy (non-hydrogen) atoms. The highest BCUT2D eigenvalue weighted by Crippen LogP contribution is 2.22. The van der Waals surface area contributed by atoms with Crippen LogP contribution in [0.2, 0.25) is 0 Å². The SMILES string of the molecule is CC(C)(C)Oc1ccccc1C(=O)NCc1cn[nH]c1. The van der Waals surface area contributed by atoms with E-state index < -0.39 is 0 Å². The van der Waals surface area contributed by atoms with Crippen molar-refractivity contribution < 1.29 is 9.53 Å². The Balaban J connectivity index is 2.09. The van der Waals surface area contributed by atoms with E-state index in [1.165, 1.54) is 0 Å². The monoisotopic (exact) mass is 273 g/mol. The van der Waals surface area contributed by atoms with E-state index in [2.05, 4.69) is 15.5 Å². The molecule has 0 unspecified atom stereocenters. The number of para-hydroxylation sites is 1. The molecule has 106 valence electrons. The lowest BCUT2D eigenvalue weighted by atomic mass is 10.1. The number of carbonyl (C=O) groups excluding carboxylic acids is 1. The number of nitrogens with one attached hydrogen (secondary N) is 2. The highest BCUT2D eigenvalue weighted by Gasteiger charge is 2.17. The molecule has 0 aliphatic heterocycles. The number of nitrogens with zero attached hydrogens (tertiary/aromatic N) is 1. The fourth-order valence-corrected chi connectivity index (χ4v) is 1.72.